The molecule has 0 atom stereocenters. The highest BCUT2D eigenvalue weighted by Gasteiger charge is 2.28. The van der Waals surface area contributed by atoms with Gasteiger partial charge in [-0.15, -0.1) is 0 Å². The van der Waals surface area contributed by atoms with Gasteiger partial charge in [-0.05, 0) is 48.1 Å². The van der Waals surface area contributed by atoms with E-state index in [4.69, 9.17) is 14.5 Å². The zero-order valence-electron chi connectivity index (χ0n) is 13.3. The number of hydrogen-bond acceptors (Lipinski definition) is 5. The first-order valence-electron chi connectivity index (χ1n) is 7.48. The van der Waals surface area contributed by atoms with Crippen molar-refractivity contribution in [1.29, 1.82) is 5.41 Å². The van der Waals surface area contributed by atoms with E-state index in [1.54, 1.807) is 13.8 Å². The molecule has 0 radical (unpaired) electrons. The maximum atomic E-state index is 12.5. The Hall–Kier alpha value is -1.94. The number of hydrogen-bond donors (Lipinski definition) is 2. The second kappa shape index (κ2) is 8.06. The largest absolute Gasteiger partial charge is 0.378 e. The minimum absolute atomic E-state index is 0.136. The molecule has 1 aromatic rings. The van der Waals surface area contributed by atoms with Crippen LogP contribution in [0.1, 0.15) is 13.8 Å². The molecule has 2 rings (SSSR count). The molecule has 2 N–H and O–H groups in total. The topological polar surface area (TPSA) is 71.4 Å². The predicted molar refractivity (Wildman–Crippen MR) is 93.6 cm³/mol. The van der Waals surface area contributed by atoms with Crippen molar-refractivity contribution in [1.82, 2.24) is 5.32 Å². The third-order valence-electron chi connectivity index (χ3n) is 3.16. The minimum atomic E-state index is -3.52. The first-order valence-corrected chi connectivity index (χ1v) is 9.03. The molecule has 1 heterocycles. The minimum Gasteiger partial charge on any atom is -0.368 e. The molecular formula is C17H21N2O3P. The van der Waals surface area contributed by atoms with Crippen LogP contribution in [0.4, 0.5) is 0 Å². The van der Waals surface area contributed by atoms with Crippen LogP contribution < -0.4 is 15.8 Å². The fourth-order valence-corrected chi connectivity index (χ4v) is 3.44. The van der Waals surface area contributed by atoms with E-state index in [0.717, 1.165) is 16.0 Å². The Bertz CT molecular complexity index is 749. The number of nitrogens with one attached hydrogen (secondary N) is 2. The molecule has 0 saturated carbocycles. The summed E-state index contributed by atoms with van der Waals surface area (Å²) in [7, 11) is -3.52. The van der Waals surface area contributed by atoms with Crippen molar-refractivity contribution < 1.29 is 13.6 Å². The molecule has 0 fully saturated rings. The third-order valence-corrected chi connectivity index (χ3v) is 5.07. The first-order chi connectivity index (χ1) is 11.1. The van der Waals surface area contributed by atoms with Crippen molar-refractivity contribution in [2.24, 2.45) is 0 Å². The van der Waals surface area contributed by atoms with Gasteiger partial charge in [-0.3, -0.25) is 9.97 Å². The van der Waals surface area contributed by atoms with Crippen LogP contribution in [0.15, 0.2) is 48.8 Å². The second-order valence-electron chi connectivity index (χ2n) is 4.77. The Kier molecular flexibility index (Phi) is 6.11. The van der Waals surface area contributed by atoms with Crippen LogP contribution in [0.2, 0.25) is 0 Å². The summed E-state index contributed by atoms with van der Waals surface area (Å²) in [5.41, 5.74) is 0.961. The van der Waals surface area contributed by atoms with Crippen molar-refractivity contribution in [3.05, 3.63) is 59.3 Å². The molecule has 1 aliphatic heterocycles. The van der Waals surface area contributed by atoms with Crippen molar-refractivity contribution in [3.63, 3.8) is 0 Å². The van der Waals surface area contributed by atoms with Gasteiger partial charge in [-0.1, -0.05) is 24.3 Å². The van der Waals surface area contributed by atoms with Crippen LogP contribution in [-0.2, 0) is 13.6 Å². The monoisotopic (exact) mass is 332 g/mol. The lowest BCUT2D eigenvalue weighted by Gasteiger charge is -2.15. The Morgan fingerprint density at radius 1 is 1.13 bits per heavy atom. The molecule has 0 spiro atoms. The Morgan fingerprint density at radius 2 is 1.70 bits per heavy atom. The highest BCUT2D eigenvalue weighted by Crippen LogP contribution is 2.49. The van der Waals surface area contributed by atoms with E-state index >= 15 is 0 Å². The van der Waals surface area contributed by atoms with E-state index in [-0.39, 0.29) is 18.7 Å². The van der Waals surface area contributed by atoms with Crippen LogP contribution in [0, 0.1) is 5.41 Å². The van der Waals surface area contributed by atoms with Crippen LogP contribution in [0.3, 0.4) is 0 Å². The SMILES string of the molecule is CCOP(=O)(OCC)C(=N)C=c1ccc(=C2C=CNC=C2)cc1. The normalized spacial score (nSPS) is 13.7. The van der Waals surface area contributed by atoms with Gasteiger partial charge < -0.3 is 14.4 Å². The summed E-state index contributed by atoms with van der Waals surface area (Å²) in [5.74, 6) is 0. The molecule has 6 heteroatoms. The van der Waals surface area contributed by atoms with Gasteiger partial charge >= 0.3 is 7.60 Å². The van der Waals surface area contributed by atoms with Crippen molar-refractivity contribution in [2.45, 2.75) is 13.8 Å². The summed E-state index contributed by atoms with van der Waals surface area (Å²) < 4.78 is 22.8. The van der Waals surface area contributed by atoms with Crippen molar-refractivity contribution in [3.8, 4) is 0 Å². The molecule has 0 saturated heterocycles. The van der Waals surface area contributed by atoms with Gasteiger partial charge in [-0.25, -0.2) is 0 Å². The zero-order valence-corrected chi connectivity index (χ0v) is 14.2. The number of rotatable bonds is 6. The van der Waals surface area contributed by atoms with Crippen molar-refractivity contribution in [2.75, 3.05) is 13.2 Å². The standard InChI is InChI=1S/C17H21N2O3P/c1-3-21-23(20,22-4-2)17(18)13-14-5-7-15(8-6-14)16-9-11-19-12-10-16/h5-13,18-19H,3-4H2,1-2H3. The van der Waals surface area contributed by atoms with E-state index in [1.807, 2.05) is 48.8 Å². The van der Waals surface area contributed by atoms with E-state index in [2.05, 4.69) is 5.32 Å². The van der Waals surface area contributed by atoms with Gasteiger partial charge in [0.1, 0.15) is 5.45 Å². The summed E-state index contributed by atoms with van der Waals surface area (Å²) in [6.07, 6.45) is 9.23. The second-order valence-corrected chi connectivity index (χ2v) is 6.77. The van der Waals surface area contributed by atoms with Crippen LogP contribution in [0.25, 0.3) is 11.6 Å². The van der Waals surface area contributed by atoms with E-state index < -0.39 is 7.60 Å². The van der Waals surface area contributed by atoms with Crippen molar-refractivity contribution >= 4 is 24.7 Å². The van der Waals surface area contributed by atoms with Crippen LogP contribution >= 0.6 is 7.60 Å². The average molecular weight is 332 g/mol. The molecule has 23 heavy (non-hydrogen) atoms. The number of dihydropyridines is 1. The molecule has 5 nitrogen and oxygen atoms in total. The van der Waals surface area contributed by atoms with Gasteiger partial charge in [0.25, 0.3) is 0 Å². The molecule has 1 aromatic carbocycles. The maximum Gasteiger partial charge on any atom is 0.378 e. The molecule has 0 unspecified atom stereocenters. The molecule has 0 aromatic heterocycles. The molecule has 0 amide bonds. The molecule has 0 aliphatic carbocycles. The fraction of sp³-hybridized carbons (Fsp3) is 0.235. The summed E-state index contributed by atoms with van der Waals surface area (Å²) in [6, 6.07) is 7.67. The van der Waals surface area contributed by atoms with Gasteiger partial charge in [0.15, 0.2) is 0 Å². The molecule has 122 valence electrons. The van der Waals surface area contributed by atoms with E-state index in [9.17, 15) is 4.57 Å². The predicted octanol–water partition coefficient (Wildman–Crippen LogP) is 2.49. The summed E-state index contributed by atoms with van der Waals surface area (Å²) in [4.78, 5) is 0. The Labute approximate surface area is 136 Å². The van der Waals surface area contributed by atoms with Gasteiger partial charge in [0, 0.05) is 12.4 Å². The third kappa shape index (κ3) is 4.52. The Balaban J connectivity index is 2.31. The Morgan fingerprint density at radius 3 is 2.22 bits per heavy atom. The smallest absolute Gasteiger partial charge is 0.368 e. The quantitative estimate of drug-likeness (QED) is 0.620. The van der Waals surface area contributed by atoms with E-state index in [0.29, 0.717) is 0 Å². The molecule has 1 aliphatic rings. The lowest BCUT2D eigenvalue weighted by molar-refractivity contribution is 0.232. The summed E-state index contributed by atoms with van der Waals surface area (Å²) in [6.45, 7) is 3.92. The molecule has 0 bridgehead atoms. The van der Waals surface area contributed by atoms with Crippen LogP contribution in [-0.4, -0.2) is 18.7 Å². The average Bonchev–Trinajstić information content (AvgIpc) is 2.57. The first kappa shape index (κ1) is 17.4. The van der Waals surface area contributed by atoms with E-state index in [1.165, 1.54) is 6.08 Å². The number of benzene rings is 1. The van der Waals surface area contributed by atoms with Crippen LogP contribution in [0.5, 0.6) is 0 Å². The summed E-state index contributed by atoms with van der Waals surface area (Å²) in [5, 5.41) is 12.9. The van der Waals surface area contributed by atoms with Gasteiger partial charge in [0.05, 0.1) is 13.2 Å². The van der Waals surface area contributed by atoms with Gasteiger partial charge in [0.2, 0.25) is 0 Å². The highest BCUT2D eigenvalue weighted by atomic mass is 31.2. The van der Waals surface area contributed by atoms with Gasteiger partial charge in [-0.2, -0.15) is 0 Å². The number of allylic oxidation sites excluding steroid dienone is 2. The lowest BCUT2D eigenvalue weighted by Crippen LogP contribution is -2.13. The molecular weight excluding hydrogens is 311 g/mol. The highest BCUT2D eigenvalue weighted by molar-refractivity contribution is 7.73. The lowest BCUT2D eigenvalue weighted by atomic mass is 10.1. The zero-order chi connectivity index (χ0) is 16.7. The summed E-state index contributed by atoms with van der Waals surface area (Å²) >= 11 is 0. The maximum absolute atomic E-state index is 12.5. The fourth-order valence-electron chi connectivity index (χ4n) is 2.10.